The maximum atomic E-state index is 12.2. The summed E-state index contributed by atoms with van der Waals surface area (Å²) in [4.78, 5) is 27.8. The fraction of sp³-hybridized carbons (Fsp3) is 0.500. The van der Waals surface area contributed by atoms with Crippen LogP contribution in [-0.2, 0) is 6.54 Å². The second kappa shape index (κ2) is 7.82. The molecule has 2 aliphatic rings. The Hall–Kier alpha value is -2.94. The number of piperazine rings is 1. The van der Waals surface area contributed by atoms with Crippen molar-refractivity contribution in [1.29, 1.82) is 0 Å². The van der Waals surface area contributed by atoms with E-state index in [4.69, 9.17) is 4.52 Å². The van der Waals surface area contributed by atoms with Gasteiger partial charge in [-0.05, 0) is 38.8 Å². The molecule has 0 atom stereocenters. The van der Waals surface area contributed by atoms with Crippen LogP contribution in [0.2, 0.25) is 0 Å². The lowest BCUT2D eigenvalue weighted by atomic mass is 10.1. The van der Waals surface area contributed by atoms with Crippen molar-refractivity contribution in [3.8, 4) is 0 Å². The predicted octanol–water partition coefficient (Wildman–Crippen LogP) is 2.41. The van der Waals surface area contributed by atoms with Gasteiger partial charge in [-0.1, -0.05) is 5.16 Å². The molecule has 29 heavy (non-hydrogen) atoms. The van der Waals surface area contributed by atoms with Gasteiger partial charge < -0.3 is 14.7 Å². The molecule has 1 aliphatic heterocycles. The van der Waals surface area contributed by atoms with Crippen LogP contribution in [0.3, 0.4) is 0 Å². The lowest BCUT2D eigenvalue weighted by Gasteiger charge is -2.35. The summed E-state index contributed by atoms with van der Waals surface area (Å²) in [5.74, 6) is 0.590. The van der Waals surface area contributed by atoms with Crippen molar-refractivity contribution in [2.24, 2.45) is 0 Å². The number of carbonyl (C=O) groups is 1. The predicted molar refractivity (Wildman–Crippen MR) is 107 cm³/mol. The average Bonchev–Trinajstić information content (AvgIpc) is 3.48. The largest absolute Gasteiger partial charge is 0.363 e. The Morgan fingerprint density at radius 3 is 2.59 bits per heavy atom. The number of amides is 1. The van der Waals surface area contributed by atoms with E-state index in [0.717, 1.165) is 49.5 Å². The van der Waals surface area contributed by atoms with E-state index in [1.54, 1.807) is 12.1 Å². The first-order valence-corrected chi connectivity index (χ1v) is 9.90. The smallest absolute Gasteiger partial charge is 0.293 e. The molecule has 1 saturated carbocycles. The van der Waals surface area contributed by atoms with Gasteiger partial charge in [-0.3, -0.25) is 19.8 Å². The highest BCUT2D eigenvalue weighted by Crippen LogP contribution is 2.31. The molecule has 1 amide bonds. The average molecular weight is 399 g/mol. The minimum Gasteiger partial charge on any atom is -0.363 e. The van der Waals surface area contributed by atoms with Crippen LogP contribution in [0.5, 0.6) is 0 Å². The third-order valence-corrected chi connectivity index (χ3v) is 5.62. The molecule has 2 fully saturated rings. The quantitative estimate of drug-likeness (QED) is 0.587. The number of nitrogens with zero attached hydrogens (tertiary/aromatic N) is 4. The first kappa shape index (κ1) is 19.4. The second-order valence-corrected chi connectivity index (χ2v) is 7.77. The fourth-order valence-electron chi connectivity index (χ4n) is 3.67. The highest BCUT2D eigenvalue weighted by Gasteiger charge is 2.28. The van der Waals surface area contributed by atoms with E-state index in [9.17, 15) is 14.9 Å². The van der Waals surface area contributed by atoms with Crippen LogP contribution in [0.15, 0.2) is 22.7 Å². The topological polar surface area (TPSA) is 105 Å². The third kappa shape index (κ3) is 4.24. The number of anilines is 1. The number of nitro benzene ring substituents is 1. The van der Waals surface area contributed by atoms with E-state index in [2.05, 4.69) is 15.4 Å². The Morgan fingerprint density at radius 1 is 1.28 bits per heavy atom. The number of nitro groups is 1. The molecule has 1 aromatic heterocycles. The van der Waals surface area contributed by atoms with Crippen molar-refractivity contribution in [1.82, 2.24) is 15.4 Å². The summed E-state index contributed by atoms with van der Waals surface area (Å²) in [6, 6.07) is 4.98. The Bertz CT molecular complexity index is 909. The van der Waals surface area contributed by atoms with Gasteiger partial charge >= 0.3 is 0 Å². The van der Waals surface area contributed by atoms with Crippen molar-refractivity contribution < 1.29 is 14.2 Å². The number of carbonyl (C=O) groups excluding carboxylic acids is 1. The zero-order valence-corrected chi connectivity index (χ0v) is 16.7. The Kier molecular flexibility index (Phi) is 5.23. The van der Waals surface area contributed by atoms with Crippen LogP contribution >= 0.6 is 0 Å². The maximum absolute atomic E-state index is 12.2. The molecule has 0 spiro atoms. The van der Waals surface area contributed by atoms with Gasteiger partial charge in [0.05, 0.1) is 10.6 Å². The molecule has 9 nitrogen and oxygen atoms in total. The SMILES string of the molecule is Cc1noc(C)c1CN1CCN(c2ccc(C(=O)NC3CC3)cc2[N+](=O)[O-])CC1. The molecule has 0 bridgehead atoms. The van der Waals surface area contributed by atoms with Gasteiger partial charge in [-0.2, -0.15) is 0 Å². The lowest BCUT2D eigenvalue weighted by Crippen LogP contribution is -2.46. The maximum Gasteiger partial charge on any atom is 0.293 e. The van der Waals surface area contributed by atoms with Crippen LogP contribution in [0, 0.1) is 24.0 Å². The number of aryl methyl sites for hydroxylation is 2. The molecule has 4 rings (SSSR count). The molecule has 1 saturated heterocycles. The molecule has 9 heteroatoms. The van der Waals surface area contributed by atoms with Crippen LogP contribution in [0.4, 0.5) is 11.4 Å². The highest BCUT2D eigenvalue weighted by molar-refractivity contribution is 5.96. The summed E-state index contributed by atoms with van der Waals surface area (Å²) in [6.07, 6.45) is 1.95. The van der Waals surface area contributed by atoms with E-state index in [1.165, 1.54) is 6.07 Å². The first-order chi connectivity index (χ1) is 13.9. The molecular weight excluding hydrogens is 374 g/mol. The molecule has 1 N–H and O–H groups in total. The lowest BCUT2D eigenvalue weighted by molar-refractivity contribution is -0.384. The molecule has 1 aliphatic carbocycles. The summed E-state index contributed by atoms with van der Waals surface area (Å²) >= 11 is 0. The zero-order valence-electron chi connectivity index (χ0n) is 16.7. The van der Waals surface area contributed by atoms with E-state index >= 15 is 0 Å². The summed E-state index contributed by atoms with van der Waals surface area (Å²) in [7, 11) is 0. The van der Waals surface area contributed by atoms with E-state index in [-0.39, 0.29) is 17.6 Å². The standard InChI is InChI=1S/C20H25N5O4/c1-13-17(14(2)29-22-13)12-23-7-9-24(10-8-23)18-6-3-15(11-19(18)25(27)28)20(26)21-16-4-5-16/h3,6,11,16H,4-5,7-10,12H2,1-2H3,(H,21,26). The molecule has 2 aromatic rings. The summed E-state index contributed by atoms with van der Waals surface area (Å²) < 4.78 is 5.23. The Morgan fingerprint density at radius 2 is 2.00 bits per heavy atom. The second-order valence-electron chi connectivity index (χ2n) is 7.77. The monoisotopic (exact) mass is 399 g/mol. The summed E-state index contributed by atoms with van der Waals surface area (Å²) in [6.45, 7) is 7.53. The van der Waals surface area contributed by atoms with Crippen molar-refractivity contribution >= 4 is 17.3 Å². The van der Waals surface area contributed by atoms with E-state index < -0.39 is 4.92 Å². The van der Waals surface area contributed by atoms with Gasteiger partial charge in [-0.15, -0.1) is 0 Å². The molecule has 0 unspecified atom stereocenters. The fourth-order valence-corrected chi connectivity index (χ4v) is 3.67. The normalized spacial score (nSPS) is 17.4. The first-order valence-electron chi connectivity index (χ1n) is 9.90. The van der Waals surface area contributed by atoms with Crippen molar-refractivity contribution in [3.05, 3.63) is 50.9 Å². The Balaban J connectivity index is 1.44. The van der Waals surface area contributed by atoms with E-state index in [0.29, 0.717) is 24.3 Å². The number of rotatable bonds is 6. The number of nitrogens with one attached hydrogen (secondary N) is 1. The molecule has 0 radical (unpaired) electrons. The molecule has 2 heterocycles. The minimum atomic E-state index is -0.403. The van der Waals surface area contributed by atoms with Gasteiger partial charge in [0.2, 0.25) is 0 Å². The van der Waals surface area contributed by atoms with Crippen LogP contribution in [0.25, 0.3) is 0 Å². The Labute approximate surface area is 168 Å². The number of aromatic nitrogens is 1. The van der Waals surface area contributed by atoms with Crippen LogP contribution in [0.1, 0.15) is 40.2 Å². The van der Waals surface area contributed by atoms with E-state index in [1.807, 2.05) is 18.7 Å². The molecule has 154 valence electrons. The number of hydrogen-bond acceptors (Lipinski definition) is 7. The number of benzene rings is 1. The van der Waals surface area contributed by atoms with Crippen LogP contribution in [-0.4, -0.2) is 53.1 Å². The summed E-state index contributed by atoms with van der Waals surface area (Å²) in [5, 5.41) is 18.5. The minimum absolute atomic E-state index is 0.0207. The number of hydrogen-bond donors (Lipinski definition) is 1. The van der Waals surface area contributed by atoms with Gasteiger partial charge in [0.15, 0.2) is 0 Å². The van der Waals surface area contributed by atoms with Gasteiger partial charge in [0.25, 0.3) is 11.6 Å². The summed E-state index contributed by atoms with van der Waals surface area (Å²) in [5.41, 5.74) is 2.89. The van der Waals surface area contributed by atoms with Crippen molar-refractivity contribution in [3.63, 3.8) is 0 Å². The molecular formula is C20H25N5O4. The molecule has 1 aromatic carbocycles. The highest BCUT2D eigenvalue weighted by atomic mass is 16.6. The van der Waals surface area contributed by atoms with Gasteiger partial charge in [0.1, 0.15) is 11.4 Å². The van der Waals surface area contributed by atoms with Gasteiger partial charge in [0, 0.05) is 56.0 Å². The van der Waals surface area contributed by atoms with Gasteiger partial charge in [-0.25, -0.2) is 0 Å². The van der Waals surface area contributed by atoms with Crippen molar-refractivity contribution in [2.45, 2.75) is 39.3 Å². The zero-order chi connectivity index (χ0) is 20.5. The van der Waals surface area contributed by atoms with Crippen molar-refractivity contribution in [2.75, 3.05) is 31.1 Å². The van der Waals surface area contributed by atoms with Crippen LogP contribution < -0.4 is 10.2 Å². The third-order valence-electron chi connectivity index (χ3n) is 5.62.